The summed E-state index contributed by atoms with van der Waals surface area (Å²) in [5, 5.41) is 3.43. The Labute approximate surface area is 108 Å². The minimum Gasteiger partial charge on any atom is -0.352 e. The number of halogens is 1. The third-order valence-electron chi connectivity index (χ3n) is 2.65. The van der Waals surface area contributed by atoms with E-state index in [2.05, 4.69) is 56.6 Å². The van der Waals surface area contributed by atoms with Gasteiger partial charge < -0.3 is 15.2 Å². The quantitative estimate of drug-likeness (QED) is 0.737. The molecule has 0 radical (unpaired) electrons. The van der Waals surface area contributed by atoms with Gasteiger partial charge in [0.15, 0.2) is 0 Å². The Hall–Kier alpha value is -0.630. The molecule has 0 spiro atoms. The number of piperazine rings is 1. The van der Waals surface area contributed by atoms with Crippen molar-refractivity contribution in [3.05, 3.63) is 20.3 Å². The van der Waals surface area contributed by atoms with Gasteiger partial charge in [-0.15, -0.1) is 0 Å². The highest BCUT2D eigenvalue weighted by Gasteiger charge is 2.27. The first kappa shape index (κ1) is 11.8. The molecule has 1 saturated heterocycles. The second-order valence-corrected chi connectivity index (χ2v) is 5.68. The lowest BCUT2D eigenvalue weighted by molar-refractivity contribution is 0.351. The normalized spacial score (nSPS) is 19.8. The van der Waals surface area contributed by atoms with Crippen LogP contribution in [0.1, 0.15) is 13.8 Å². The predicted molar refractivity (Wildman–Crippen MR) is 71.9 cm³/mol. The van der Waals surface area contributed by atoms with Crippen molar-refractivity contribution in [1.29, 1.82) is 0 Å². The number of aromatic amines is 1. The summed E-state index contributed by atoms with van der Waals surface area (Å²) < 4.78 is 0.665. The van der Waals surface area contributed by atoms with E-state index < -0.39 is 0 Å². The molecule has 0 amide bonds. The highest BCUT2D eigenvalue weighted by atomic mass is 127. The van der Waals surface area contributed by atoms with Crippen LogP contribution < -0.4 is 15.8 Å². The zero-order valence-electron chi connectivity index (χ0n) is 9.38. The van der Waals surface area contributed by atoms with E-state index in [1.165, 1.54) is 6.33 Å². The summed E-state index contributed by atoms with van der Waals surface area (Å²) in [4.78, 5) is 20.5. The van der Waals surface area contributed by atoms with Crippen LogP contribution in [0, 0.1) is 3.57 Å². The Morgan fingerprint density at radius 3 is 3.00 bits per heavy atom. The van der Waals surface area contributed by atoms with Crippen LogP contribution >= 0.6 is 22.6 Å². The average molecular weight is 334 g/mol. The number of nitrogens with one attached hydrogen (secondary N) is 2. The van der Waals surface area contributed by atoms with E-state index in [1.807, 2.05) is 0 Å². The van der Waals surface area contributed by atoms with E-state index in [0.717, 1.165) is 25.5 Å². The molecule has 1 aromatic rings. The highest BCUT2D eigenvalue weighted by molar-refractivity contribution is 14.1. The number of H-pyrrole nitrogens is 1. The van der Waals surface area contributed by atoms with Crippen molar-refractivity contribution in [3.8, 4) is 0 Å². The number of anilines is 1. The Morgan fingerprint density at radius 1 is 1.56 bits per heavy atom. The minimum atomic E-state index is -0.0676. The summed E-state index contributed by atoms with van der Waals surface area (Å²) >= 11 is 2.05. The van der Waals surface area contributed by atoms with E-state index in [9.17, 15) is 4.79 Å². The van der Waals surface area contributed by atoms with Crippen molar-refractivity contribution in [2.45, 2.75) is 19.4 Å². The first-order valence-corrected chi connectivity index (χ1v) is 6.31. The van der Waals surface area contributed by atoms with Crippen LogP contribution in [0.2, 0.25) is 0 Å². The Morgan fingerprint density at radius 2 is 2.31 bits per heavy atom. The average Bonchev–Trinajstić information content (AvgIpc) is 2.20. The van der Waals surface area contributed by atoms with Gasteiger partial charge in [-0.05, 0) is 36.4 Å². The maximum absolute atomic E-state index is 11.5. The van der Waals surface area contributed by atoms with Crippen molar-refractivity contribution in [3.63, 3.8) is 0 Å². The Bertz CT molecular complexity index is 443. The minimum absolute atomic E-state index is 0.0611. The number of nitrogens with zero attached hydrogens (tertiary/aromatic N) is 2. The van der Waals surface area contributed by atoms with Gasteiger partial charge in [-0.3, -0.25) is 4.79 Å². The zero-order valence-corrected chi connectivity index (χ0v) is 11.5. The van der Waals surface area contributed by atoms with E-state index >= 15 is 0 Å². The van der Waals surface area contributed by atoms with E-state index in [4.69, 9.17) is 0 Å². The monoisotopic (exact) mass is 334 g/mol. The molecule has 2 rings (SSSR count). The fourth-order valence-electron chi connectivity index (χ4n) is 1.92. The SMILES string of the molecule is CC1(C)CN(c2nc[nH]c(=O)c2I)CCN1. The van der Waals surface area contributed by atoms with Crippen molar-refractivity contribution >= 4 is 28.4 Å². The zero-order chi connectivity index (χ0) is 11.8. The molecule has 1 aliphatic rings. The molecule has 0 aliphatic carbocycles. The fourth-order valence-corrected chi connectivity index (χ4v) is 2.55. The Balaban J connectivity index is 2.31. The predicted octanol–water partition coefficient (Wildman–Crippen LogP) is 0.563. The van der Waals surface area contributed by atoms with E-state index in [-0.39, 0.29) is 11.1 Å². The molecule has 1 aromatic heterocycles. The molecule has 2 N–H and O–H groups in total. The first-order valence-electron chi connectivity index (χ1n) is 5.23. The van der Waals surface area contributed by atoms with Crippen molar-refractivity contribution in [1.82, 2.24) is 15.3 Å². The molecule has 0 atom stereocenters. The number of hydrogen-bond acceptors (Lipinski definition) is 4. The van der Waals surface area contributed by atoms with Gasteiger partial charge in [0.2, 0.25) is 0 Å². The van der Waals surface area contributed by atoms with Gasteiger partial charge in [0.05, 0.1) is 6.33 Å². The molecule has 5 nitrogen and oxygen atoms in total. The standard InChI is InChI=1S/C10H15IN4O/c1-10(2)5-15(4-3-14-10)8-7(11)9(16)13-6-12-8/h6,14H,3-5H2,1-2H3,(H,12,13,16). The van der Waals surface area contributed by atoms with Gasteiger partial charge in [-0.2, -0.15) is 0 Å². The maximum Gasteiger partial charge on any atom is 0.266 e. The second-order valence-electron chi connectivity index (χ2n) is 4.60. The molecule has 0 saturated carbocycles. The van der Waals surface area contributed by atoms with Crippen LogP contribution in [0.5, 0.6) is 0 Å². The molecule has 88 valence electrons. The van der Waals surface area contributed by atoms with Crippen molar-refractivity contribution < 1.29 is 0 Å². The number of hydrogen-bond donors (Lipinski definition) is 2. The summed E-state index contributed by atoms with van der Waals surface area (Å²) in [7, 11) is 0. The summed E-state index contributed by atoms with van der Waals surface area (Å²) in [5.41, 5.74) is -0.00652. The molecular formula is C10H15IN4O. The summed E-state index contributed by atoms with van der Waals surface area (Å²) in [6, 6.07) is 0. The Kier molecular flexibility index (Phi) is 3.20. The third-order valence-corrected chi connectivity index (χ3v) is 3.62. The number of aromatic nitrogens is 2. The smallest absolute Gasteiger partial charge is 0.266 e. The number of rotatable bonds is 1. The van der Waals surface area contributed by atoms with Crippen LogP contribution in [0.15, 0.2) is 11.1 Å². The van der Waals surface area contributed by atoms with Gasteiger partial charge >= 0.3 is 0 Å². The van der Waals surface area contributed by atoms with Crippen LogP contribution in [0.25, 0.3) is 0 Å². The van der Waals surface area contributed by atoms with Gasteiger partial charge in [0.25, 0.3) is 5.56 Å². The molecule has 0 unspecified atom stereocenters. The summed E-state index contributed by atoms with van der Waals surface area (Å²) in [6.45, 7) is 6.96. The van der Waals surface area contributed by atoms with Crippen LogP contribution in [-0.2, 0) is 0 Å². The molecular weight excluding hydrogens is 319 g/mol. The van der Waals surface area contributed by atoms with Gasteiger partial charge in [0, 0.05) is 25.2 Å². The second kappa shape index (κ2) is 4.33. The summed E-state index contributed by atoms with van der Waals surface area (Å²) in [6.07, 6.45) is 1.47. The van der Waals surface area contributed by atoms with Gasteiger partial charge in [-0.1, -0.05) is 0 Å². The summed E-state index contributed by atoms with van der Waals surface area (Å²) in [5.74, 6) is 0.791. The third kappa shape index (κ3) is 2.37. The van der Waals surface area contributed by atoms with Gasteiger partial charge in [0.1, 0.15) is 9.39 Å². The molecule has 0 bridgehead atoms. The molecule has 2 heterocycles. The molecule has 16 heavy (non-hydrogen) atoms. The van der Waals surface area contributed by atoms with Gasteiger partial charge in [-0.25, -0.2) is 4.98 Å². The topological polar surface area (TPSA) is 61.0 Å². The molecule has 1 fully saturated rings. The highest BCUT2D eigenvalue weighted by Crippen LogP contribution is 2.20. The fraction of sp³-hybridized carbons (Fsp3) is 0.600. The van der Waals surface area contributed by atoms with Crippen LogP contribution in [-0.4, -0.2) is 35.1 Å². The van der Waals surface area contributed by atoms with Crippen molar-refractivity contribution in [2.24, 2.45) is 0 Å². The first-order chi connectivity index (χ1) is 7.49. The van der Waals surface area contributed by atoms with E-state index in [0.29, 0.717) is 3.57 Å². The lowest BCUT2D eigenvalue weighted by Crippen LogP contribution is -2.57. The van der Waals surface area contributed by atoms with Crippen LogP contribution in [0.3, 0.4) is 0 Å². The molecule has 6 heteroatoms. The molecule has 1 aliphatic heterocycles. The molecule has 0 aromatic carbocycles. The van der Waals surface area contributed by atoms with Crippen molar-refractivity contribution in [2.75, 3.05) is 24.5 Å². The lowest BCUT2D eigenvalue weighted by Gasteiger charge is -2.39. The maximum atomic E-state index is 11.5. The van der Waals surface area contributed by atoms with E-state index in [1.54, 1.807) is 0 Å². The van der Waals surface area contributed by atoms with Crippen LogP contribution in [0.4, 0.5) is 5.82 Å². The largest absolute Gasteiger partial charge is 0.352 e. The lowest BCUT2D eigenvalue weighted by atomic mass is 10.0.